The molecule has 38 heavy (non-hydrogen) atoms. The van der Waals surface area contributed by atoms with E-state index in [9.17, 15) is 9.90 Å². The van der Waals surface area contributed by atoms with Crippen molar-refractivity contribution in [1.29, 1.82) is 5.41 Å². The Morgan fingerprint density at radius 1 is 1.13 bits per heavy atom. The van der Waals surface area contributed by atoms with Crippen molar-refractivity contribution in [2.45, 2.75) is 108 Å². The number of amides is 1. The summed E-state index contributed by atoms with van der Waals surface area (Å²) in [5.74, 6) is 1.08. The van der Waals surface area contributed by atoms with Gasteiger partial charge >= 0.3 is 0 Å². The highest BCUT2D eigenvalue weighted by Crippen LogP contribution is 2.49. The number of hydrogen-bond acceptors (Lipinski definition) is 5. The fraction of sp³-hybridized carbons (Fsp3) is 0.548. The molecule has 0 bridgehead atoms. The van der Waals surface area contributed by atoms with Gasteiger partial charge in [-0.25, -0.2) is 0 Å². The van der Waals surface area contributed by atoms with Crippen LogP contribution in [0.4, 0.5) is 0 Å². The van der Waals surface area contributed by atoms with Gasteiger partial charge in [-0.1, -0.05) is 63.6 Å². The first kappa shape index (κ1) is 26.7. The van der Waals surface area contributed by atoms with E-state index in [0.29, 0.717) is 6.42 Å². The van der Waals surface area contributed by atoms with Crippen LogP contribution < -0.4 is 15.4 Å². The van der Waals surface area contributed by atoms with E-state index in [-0.39, 0.29) is 35.1 Å². The van der Waals surface area contributed by atoms with Crippen molar-refractivity contribution in [2.75, 3.05) is 0 Å². The van der Waals surface area contributed by atoms with E-state index < -0.39 is 6.23 Å². The maximum atomic E-state index is 13.4. The molecule has 7 heteroatoms. The molecule has 1 unspecified atom stereocenters. The zero-order valence-corrected chi connectivity index (χ0v) is 22.9. The molecule has 5 rings (SSSR count). The molecule has 2 fully saturated rings. The molecule has 1 spiro atoms. The Morgan fingerprint density at radius 2 is 1.87 bits per heavy atom. The molecule has 204 valence electrons. The van der Waals surface area contributed by atoms with Gasteiger partial charge in [0.25, 0.3) is 0 Å². The second-order valence-electron chi connectivity index (χ2n) is 11.4. The Morgan fingerprint density at radius 3 is 2.53 bits per heavy atom. The lowest BCUT2D eigenvalue weighted by atomic mass is 9.73. The number of carbonyl (C=O) groups excluding carboxylic acids is 1. The second kappa shape index (κ2) is 10.7. The maximum absolute atomic E-state index is 13.4. The zero-order valence-electron chi connectivity index (χ0n) is 22.9. The molecule has 0 radical (unpaired) electrons. The molecule has 1 saturated heterocycles. The SMILES string of the molecule is CCC[C@H](c1cccc(C(O)N[C@H]2CC3(CCC3)Oc3ccccc32)c1)N1C(=N)NC(CC)(CC)CC1=O. The average Bonchev–Trinajstić information content (AvgIpc) is 2.91. The van der Waals surface area contributed by atoms with Gasteiger partial charge in [0.15, 0.2) is 5.96 Å². The quantitative estimate of drug-likeness (QED) is 0.311. The molecular formula is C31H42N4O3. The summed E-state index contributed by atoms with van der Waals surface area (Å²) < 4.78 is 6.38. The Labute approximate surface area is 226 Å². The minimum atomic E-state index is -0.868. The normalized spacial score (nSPS) is 23.2. The van der Waals surface area contributed by atoms with Crippen LogP contribution >= 0.6 is 0 Å². The van der Waals surface area contributed by atoms with Crippen molar-refractivity contribution in [1.82, 2.24) is 15.5 Å². The number of nitrogens with zero attached hydrogens (tertiary/aromatic N) is 1. The molecule has 0 aromatic heterocycles. The van der Waals surface area contributed by atoms with Crippen LogP contribution in [0.3, 0.4) is 0 Å². The van der Waals surface area contributed by atoms with Crippen molar-refractivity contribution in [2.24, 2.45) is 0 Å². The molecule has 2 aromatic rings. The van der Waals surface area contributed by atoms with Gasteiger partial charge in [0.2, 0.25) is 5.91 Å². The summed E-state index contributed by atoms with van der Waals surface area (Å²) in [6, 6.07) is 15.7. The van der Waals surface area contributed by atoms with Crippen LogP contribution in [0.5, 0.6) is 5.75 Å². The maximum Gasteiger partial charge on any atom is 0.232 e. The van der Waals surface area contributed by atoms with Crippen molar-refractivity contribution < 1.29 is 14.6 Å². The van der Waals surface area contributed by atoms with E-state index in [4.69, 9.17) is 10.1 Å². The summed E-state index contributed by atoms with van der Waals surface area (Å²) in [5.41, 5.74) is 2.30. The first-order valence-corrected chi connectivity index (χ1v) is 14.3. The molecule has 4 N–H and O–H groups in total. The summed E-state index contributed by atoms with van der Waals surface area (Å²) in [7, 11) is 0. The van der Waals surface area contributed by atoms with E-state index in [2.05, 4.69) is 37.5 Å². The number of fused-ring (bicyclic) bond motifs is 1. The molecule has 2 aliphatic heterocycles. The van der Waals surface area contributed by atoms with E-state index in [1.807, 2.05) is 42.5 Å². The number of guanidine groups is 1. The van der Waals surface area contributed by atoms with Crippen molar-refractivity contribution >= 4 is 11.9 Å². The van der Waals surface area contributed by atoms with Gasteiger partial charge in [0.1, 0.15) is 17.6 Å². The van der Waals surface area contributed by atoms with Crippen LogP contribution in [-0.2, 0) is 4.79 Å². The first-order chi connectivity index (χ1) is 18.3. The lowest BCUT2D eigenvalue weighted by Gasteiger charge is -2.48. The predicted molar refractivity (Wildman–Crippen MR) is 149 cm³/mol. The lowest BCUT2D eigenvalue weighted by molar-refractivity contribution is -0.132. The second-order valence-corrected chi connectivity index (χ2v) is 11.4. The number of para-hydroxylation sites is 1. The monoisotopic (exact) mass is 518 g/mol. The molecule has 2 heterocycles. The number of rotatable bonds is 9. The van der Waals surface area contributed by atoms with Gasteiger partial charge in [0.05, 0.1) is 12.5 Å². The highest BCUT2D eigenvalue weighted by molar-refractivity contribution is 5.99. The Balaban J connectivity index is 1.37. The highest BCUT2D eigenvalue weighted by Gasteiger charge is 2.46. The Kier molecular flexibility index (Phi) is 7.51. The summed E-state index contributed by atoms with van der Waals surface area (Å²) in [5, 5.41) is 26.9. The average molecular weight is 519 g/mol. The number of aliphatic hydroxyl groups excluding tert-OH is 1. The Hall–Kier alpha value is -2.90. The molecule has 1 amide bonds. The van der Waals surface area contributed by atoms with Gasteiger partial charge in [0, 0.05) is 23.6 Å². The summed E-state index contributed by atoms with van der Waals surface area (Å²) in [6.45, 7) is 6.23. The number of benzene rings is 2. The fourth-order valence-corrected chi connectivity index (χ4v) is 6.45. The minimum Gasteiger partial charge on any atom is -0.487 e. The first-order valence-electron chi connectivity index (χ1n) is 14.3. The van der Waals surface area contributed by atoms with E-state index in [1.165, 1.54) is 6.42 Å². The predicted octanol–water partition coefficient (Wildman–Crippen LogP) is 5.87. The molecule has 1 saturated carbocycles. The van der Waals surface area contributed by atoms with Crippen molar-refractivity contribution in [3.63, 3.8) is 0 Å². The van der Waals surface area contributed by atoms with Crippen molar-refractivity contribution in [3.05, 3.63) is 65.2 Å². The summed E-state index contributed by atoms with van der Waals surface area (Å²) in [4.78, 5) is 15.0. The third-order valence-electron chi connectivity index (χ3n) is 9.04. The van der Waals surface area contributed by atoms with E-state index in [1.54, 1.807) is 4.90 Å². The molecule has 2 aromatic carbocycles. The van der Waals surface area contributed by atoms with Crippen molar-refractivity contribution in [3.8, 4) is 5.75 Å². The lowest BCUT2D eigenvalue weighted by Crippen LogP contribution is -2.62. The molecular weight excluding hydrogens is 476 g/mol. The number of hydrogen-bond donors (Lipinski definition) is 4. The van der Waals surface area contributed by atoms with Crippen LogP contribution in [0.15, 0.2) is 48.5 Å². The van der Waals surface area contributed by atoms with Gasteiger partial charge in [-0.2, -0.15) is 0 Å². The third-order valence-corrected chi connectivity index (χ3v) is 9.04. The van der Waals surface area contributed by atoms with Gasteiger partial charge in [-0.15, -0.1) is 0 Å². The number of nitrogens with one attached hydrogen (secondary N) is 3. The summed E-state index contributed by atoms with van der Waals surface area (Å²) >= 11 is 0. The number of carbonyl (C=O) groups is 1. The summed E-state index contributed by atoms with van der Waals surface area (Å²) in [6.07, 6.45) is 6.84. The molecule has 3 aliphatic rings. The third kappa shape index (κ3) is 4.94. The smallest absolute Gasteiger partial charge is 0.232 e. The van der Waals surface area contributed by atoms with E-state index in [0.717, 1.165) is 67.4 Å². The minimum absolute atomic E-state index is 0.00964. The Bertz CT molecular complexity index is 1150. The van der Waals surface area contributed by atoms with Gasteiger partial charge in [-0.05, 0) is 61.8 Å². The van der Waals surface area contributed by atoms with Gasteiger partial charge < -0.3 is 15.2 Å². The molecule has 1 aliphatic carbocycles. The highest BCUT2D eigenvalue weighted by atomic mass is 16.5. The standard InChI is InChI=1S/C31H42N4O3/c1-4-11-25(35-27(36)20-30(5-2,6-3)34-29(35)32)21-12-9-13-22(18-21)28(37)33-24-19-31(16-10-17-31)38-26-15-8-7-14-23(24)26/h7-9,12-15,18,24-25,28,33,37H,4-6,10-11,16-17,19-20H2,1-3H3,(H2,32,34)/t24-,25+,28?/m0/s1. The number of ether oxygens (including phenoxy) is 1. The fourth-order valence-electron chi connectivity index (χ4n) is 6.45. The number of aliphatic hydroxyl groups is 1. The van der Waals surface area contributed by atoms with Crippen LogP contribution in [0.25, 0.3) is 0 Å². The van der Waals surface area contributed by atoms with Crippen LogP contribution in [0.2, 0.25) is 0 Å². The largest absolute Gasteiger partial charge is 0.487 e. The van der Waals surface area contributed by atoms with Crippen LogP contribution in [0, 0.1) is 5.41 Å². The van der Waals surface area contributed by atoms with Crippen LogP contribution in [-0.4, -0.2) is 33.0 Å². The topological polar surface area (TPSA) is 97.7 Å². The van der Waals surface area contributed by atoms with Gasteiger partial charge in [-0.3, -0.25) is 20.4 Å². The van der Waals surface area contributed by atoms with E-state index >= 15 is 0 Å². The molecule has 7 nitrogen and oxygen atoms in total. The van der Waals surface area contributed by atoms with Crippen LogP contribution in [0.1, 0.15) is 114 Å². The molecule has 3 atom stereocenters. The zero-order chi connectivity index (χ0) is 26.9.